The Morgan fingerprint density at radius 2 is 1.77 bits per heavy atom. The van der Waals surface area contributed by atoms with Gasteiger partial charge >= 0.3 is 0 Å². The monoisotopic (exact) mass is 586 g/mol. The number of carbonyl (C=O) groups excluding carboxylic acids is 3. The predicted octanol–water partition coefficient (Wildman–Crippen LogP) is 6.65. The average molecular weight is 587 g/mol. The first-order valence-electron chi connectivity index (χ1n) is 11.8. The molecule has 0 atom stereocenters. The molecule has 0 aromatic heterocycles. The van der Waals surface area contributed by atoms with Gasteiger partial charge in [-0.05, 0) is 72.3 Å². The van der Waals surface area contributed by atoms with Crippen molar-refractivity contribution >= 4 is 63.8 Å². The van der Waals surface area contributed by atoms with E-state index in [1.165, 1.54) is 7.11 Å². The van der Waals surface area contributed by atoms with Gasteiger partial charge in [0.2, 0.25) is 5.91 Å². The Morgan fingerprint density at radius 3 is 2.51 bits per heavy atom. The van der Waals surface area contributed by atoms with Crippen LogP contribution in [0.15, 0.2) is 65.6 Å². The highest BCUT2D eigenvalue weighted by atomic mass is 35.5. The van der Waals surface area contributed by atoms with Crippen molar-refractivity contribution < 1.29 is 28.6 Å². The second-order valence-electron chi connectivity index (χ2n) is 8.19. The number of nitrogens with one attached hydrogen (secondary N) is 1. The molecule has 39 heavy (non-hydrogen) atoms. The van der Waals surface area contributed by atoms with Gasteiger partial charge in [0.05, 0.1) is 34.4 Å². The van der Waals surface area contributed by atoms with Crippen LogP contribution in [0.2, 0.25) is 10.0 Å². The molecule has 1 fully saturated rings. The lowest BCUT2D eigenvalue weighted by atomic mass is 10.1. The Kier molecular flexibility index (Phi) is 9.40. The van der Waals surface area contributed by atoms with Crippen molar-refractivity contribution in [1.82, 2.24) is 4.90 Å². The molecule has 0 bridgehead atoms. The van der Waals surface area contributed by atoms with Crippen LogP contribution in [0.3, 0.4) is 0 Å². The molecule has 1 aliphatic rings. The van der Waals surface area contributed by atoms with Gasteiger partial charge in [0.1, 0.15) is 18.9 Å². The smallest absolute Gasteiger partial charge is 0.294 e. The van der Waals surface area contributed by atoms with E-state index in [9.17, 15) is 14.4 Å². The van der Waals surface area contributed by atoms with E-state index in [1.54, 1.807) is 60.7 Å². The lowest BCUT2D eigenvalue weighted by Gasteiger charge is -2.14. The number of imide groups is 1. The minimum absolute atomic E-state index is 0.192. The Balaban J connectivity index is 1.45. The predicted molar refractivity (Wildman–Crippen MR) is 153 cm³/mol. The van der Waals surface area contributed by atoms with Crippen molar-refractivity contribution in [3.63, 3.8) is 0 Å². The molecular weight excluding hydrogens is 563 g/mol. The first kappa shape index (κ1) is 28.4. The SMILES string of the molecule is CCOc1cc(/C=C2/SC(=O)N(CC(=O)Nc3ccccc3OC)C2=O)ccc1OCc1ccc(Cl)c(Cl)c1. The van der Waals surface area contributed by atoms with E-state index in [-0.39, 0.29) is 11.5 Å². The molecule has 0 radical (unpaired) electrons. The Morgan fingerprint density at radius 1 is 0.974 bits per heavy atom. The molecule has 1 heterocycles. The highest BCUT2D eigenvalue weighted by Gasteiger charge is 2.36. The Labute approximate surface area is 239 Å². The number of thioether (sulfide) groups is 1. The largest absolute Gasteiger partial charge is 0.495 e. The van der Waals surface area contributed by atoms with E-state index in [0.29, 0.717) is 45.2 Å². The normalized spacial score (nSPS) is 14.1. The van der Waals surface area contributed by atoms with E-state index in [1.807, 2.05) is 13.0 Å². The molecule has 0 aliphatic carbocycles. The quantitative estimate of drug-likeness (QED) is 0.265. The van der Waals surface area contributed by atoms with Crippen LogP contribution in [0, 0.1) is 0 Å². The molecule has 11 heteroatoms. The summed E-state index contributed by atoms with van der Waals surface area (Å²) in [4.78, 5) is 39.2. The van der Waals surface area contributed by atoms with Crippen LogP contribution in [0.25, 0.3) is 6.08 Å². The van der Waals surface area contributed by atoms with Gasteiger partial charge in [0.15, 0.2) is 11.5 Å². The molecular formula is C28H24Cl2N2O6S. The van der Waals surface area contributed by atoms with Crippen LogP contribution in [0.4, 0.5) is 10.5 Å². The minimum Gasteiger partial charge on any atom is -0.495 e. The molecule has 1 N–H and O–H groups in total. The molecule has 3 aromatic carbocycles. The van der Waals surface area contributed by atoms with Crippen LogP contribution < -0.4 is 19.5 Å². The fourth-order valence-electron chi connectivity index (χ4n) is 3.66. The number of amides is 3. The van der Waals surface area contributed by atoms with Gasteiger partial charge in [-0.3, -0.25) is 19.3 Å². The average Bonchev–Trinajstić information content (AvgIpc) is 3.17. The third kappa shape index (κ3) is 7.06. The summed E-state index contributed by atoms with van der Waals surface area (Å²) in [6.45, 7) is 2.05. The number of rotatable bonds is 10. The van der Waals surface area contributed by atoms with Crippen molar-refractivity contribution in [3.05, 3.63) is 86.7 Å². The summed E-state index contributed by atoms with van der Waals surface area (Å²) >= 11 is 12.8. The van der Waals surface area contributed by atoms with E-state index in [2.05, 4.69) is 5.32 Å². The summed E-state index contributed by atoms with van der Waals surface area (Å²) in [6.07, 6.45) is 1.58. The van der Waals surface area contributed by atoms with Crippen molar-refractivity contribution in [3.8, 4) is 17.2 Å². The standard InChI is InChI=1S/C28H24Cl2N2O6S/c1-3-37-24-13-17(9-11-23(24)38-16-18-8-10-19(29)20(30)12-18)14-25-27(34)32(28(35)39-25)15-26(33)31-21-6-4-5-7-22(21)36-2/h4-14H,3,15-16H2,1-2H3,(H,31,33)/b25-14+. The van der Waals surface area contributed by atoms with Gasteiger partial charge in [0.25, 0.3) is 11.1 Å². The number of methoxy groups -OCH3 is 1. The lowest BCUT2D eigenvalue weighted by Crippen LogP contribution is -2.36. The second kappa shape index (κ2) is 12.9. The topological polar surface area (TPSA) is 94.2 Å². The summed E-state index contributed by atoms with van der Waals surface area (Å²) in [5.41, 5.74) is 1.90. The van der Waals surface area contributed by atoms with Crippen LogP contribution in [-0.2, 0) is 16.2 Å². The maximum Gasteiger partial charge on any atom is 0.294 e. The van der Waals surface area contributed by atoms with E-state index < -0.39 is 23.6 Å². The molecule has 8 nitrogen and oxygen atoms in total. The number of para-hydroxylation sites is 2. The number of hydrogen-bond acceptors (Lipinski definition) is 7. The van der Waals surface area contributed by atoms with Crippen LogP contribution in [0.5, 0.6) is 17.2 Å². The summed E-state index contributed by atoms with van der Waals surface area (Å²) in [5, 5.41) is 3.03. The first-order valence-corrected chi connectivity index (χ1v) is 13.4. The van der Waals surface area contributed by atoms with Gasteiger partial charge in [0, 0.05) is 0 Å². The number of halogens is 2. The van der Waals surface area contributed by atoms with Crippen molar-refractivity contribution in [2.75, 3.05) is 25.6 Å². The fourth-order valence-corrected chi connectivity index (χ4v) is 4.82. The number of ether oxygens (including phenoxy) is 3. The zero-order valence-corrected chi connectivity index (χ0v) is 23.4. The minimum atomic E-state index is -0.557. The van der Waals surface area contributed by atoms with Gasteiger partial charge < -0.3 is 19.5 Å². The number of hydrogen-bond donors (Lipinski definition) is 1. The maximum absolute atomic E-state index is 13.0. The molecule has 0 saturated carbocycles. The number of carbonyl (C=O) groups is 3. The Hall–Kier alpha value is -3.66. The lowest BCUT2D eigenvalue weighted by molar-refractivity contribution is -0.127. The first-order chi connectivity index (χ1) is 18.8. The summed E-state index contributed by atoms with van der Waals surface area (Å²) in [7, 11) is 1.48. The van der Waals surface area contributed by atoms with E-state index >= 15 is 0 Å². The number of anilines is 1. The third-order valence-electron chi connectivity index (χ3n) is 5.50. The zero-order chi connectivity index (χ0) is 27.9. The van der Waals surface area contributed by atoms with Crippen molar-refractivity contribution in [1.29, 1.82) is 0 Å². The van der Waals surface area contributed by atoms with Crippen LogP contribution >= 0.6 is 35.0 Å². The van der Waals surface area contributed by atoms with Crippen molar-refractivity contribution in [2.24, 2.45) is 0 Å². The van der Waals surface area contributed by atoms with Crippen LogP contribution in [0.1, 0.15) is 18.1 Å². The van der Waals surface area contributed by atoms with Gasteiger partial charge in [-0.25, -0.2) is 0 Å². The summed E-state index contributed by atoms with van der Waals surface area (Å²) in [5.74, 6) is 0.362. The van der Waals surface area contributed by atoms with E-state index in [4.69, 9.17) is 37.4 Å². The van der Waals surface area contributed by atoms with Crippen molar-refractivity contribution in [2.45, 2.75) is 13.5 Å². The zero-order valence-electron chi connectivity index (χ0n) is 21.0. The fraction of sp³-hybridized carbons (Fsp3) is 0.179. The highest BCUT2D eigenvalue weighted by molar-refractivity contribution is 8.18. The molecule has 4 rings (SSSR count). The molecule has 3 aromatic rings. The summed E-state index contributed by atoms with van der Waals surface area (Å²) < 4.78 is 16.9. The van der Waals surface area contributed by atoms with Gasteiger partial charge in [-0.1, -0.05) is 47.5 Å². The highest BCUT2D eigenvalue weighted by Crippen LogP contribution is 2.35. The molecule has 1 aliphatic heterocycles. The van der Waals surface area contributed by atoms with Gasteiger partial charge in [-0.15, -0.1) is 0 Å². The molecule has 0 spiro atoms. The Bertz CT molecular complexity index is 1450. The second-order valence-corrected chi connectivity index (χ2v) is 10.0. The number of nitrogens with zero attached hydrogens (tertiary/aromatic N) is 1. The molecule has 3 amide bonds. The van der Waals surface area contributed by atoms with E-state index in [0.717, 1.165) is 22.2 Å². The van der Waals surface area contributed by atoms with Crippen LogP contribution in [-0.4, -0.2) is 42.2 Å². The number of benzene rings is 3. The molecule has 1 saturated heterocycles. The maximum atomic E-state index is 13.0. The molecule has 0 unspecified atom stereocenters. The third-order valence-corrected chi connectivity index (χ3v) is 7.15. The molecule has 202 valence electrons. The summed E-state index contributed by atoms with van der Waals surface area (Å²) in [6, 6.07) is 17.3. The van der Waals surface area contributed by atoms with Gasteiger partial charge in [-0.2, -0.15) is 0 Å².